The Balaban J connectivity index is 1.31. The molecule has 0 bridgehead atoms. The highest BCUT2D eigenvalue weighted by Crippen LogP contribution is 2.30. The lowest BCUT2D eigenvalue weighted by atomic mass is 9.82. The molecule has 4 atom stereocenters. The zero-order valence-electron chi connectivity index (χ0n) is 26.3. The van der Waals surface area contributed by atoms with Crippen molar-refractivity contribution in [2.45, 2.75) is 69.2 Å². The lowest BCUT2D eigenvalue weighted by Crippen LogP contribution is -2.57. The third kappa shape index (κ3) is 7.65. The second-order valence-electron chi connectivity index (χ2n) is 12.9. The summed E-state index contributed by atoms with van der Waals surface area (Å²) in [4.78, 5) is 74.4. The second-order valence-corrected chi connectivity index (χ2v) is 12.9. The highest BCUT2D eigenvalue weighted by atomic mass is 16.3. The van der Waals surface area contributed by atoms with Gasteiger partial charge >= 0.3 is 0 Å². The number of benzene rings is 2. The number of H-pyrrole nitrogens is 1. The Kier molecular flexibility index (Phi) is 9.86. The smallest absolute Gasteiger partial charge is 0.246 e. The maximum atomic E-state index is 14.3. The van der Waals surface area contributed by atoms with Gasteiger partial charge in [0.25, 0.3) is 0 Å². The van der Waals surface area contributed by atoms with Gasteiger partial charge in [-0.15, -0.1) is 0 Å². The van der Waals surface area contributed by atoms with Crippen molar-refractivity contribution in [3.8, 4) is 0 Å². The van der Waals surface area contributed by atoms with E-state index in [4.69, 9.17) is 0 Å². The Morgan fingerprint density at radius 2 is 1.66 bits per heavy atom. The van der Waals surface area contributed by atoms with Crippen LogP contribution in [0.15, 0.2) is 60.8 Å². The molecule has 2 aromatic carbocycles. The van der Waals surface area contributed by atoms with E-state index in [0.29, 0.717) is 6.42 Å². The summed E-state index contributed by atoms with van der Waals surface area (Å²) in [5, 5.41) is 20.1. The number of nitrogens with zero attached hydrogens (tertiary/aromatic N) is 2. The largest absolute Gasteiger partial charge is 0.391 e. The van der Waals surface area contributed by atoms with E-state index in [9.17, 15) is 29.1 Å². The van der Waals surface area contributed by atoms with Gasteiger partial charge in [0, 0.05) is 62.4 Å². The van der Waals surface area contributed by atoms with Gasteiger partial charge in [0.15, 0.2) is 0 Å². The fraction of sp³-hybridized carbons (Fsp3) is 0.457. The Labute approximate surface area is 273 Å². The summed E-state index contributed by atoms with van der Waals surface area (Å²) in [6, 6.07) is 13.8. The first-order valence-electron chi connectivity index (χ1n) is 16.5. The molecule has 6 rings (SSSR count). The number of carbonyl (C=O) groups is 5. The number of fused-ring (bicyclic) bond motifs is 2. The van der Waals surface area contributed by atoms with E-state index in [1.807, 2.05) is 54.6 Å². The summed E-state index contributed by atoms with van der Waals surface area (Å²) in [5.41, 5.74) is 2.51. The van der Waals surface area contributed by atoms with Crippen LogP contribution in [0, 0.1) is 5.92 Å². The molecule has 248 valence electrons. The van der Waals surface area contributed by atoms with Gasteiger partial charge in [0.1, 0.15) is 18.1 Å². The normalized spacial score (nSPS) is 24.9. The Morgan fingerprint density at radius 1 is 0.894 bits per heavy atom. The second kappa shape index (κ2) is 14.4. The Hall–Kier alpha value is -4.71. The predicted octanol–water partition coefficient (Wildman–Crippen LogP) is 1.03. The molecule has 1 saturated carbocycles. The number of aromatic nitrogens is 1. The molecule has 12 nitrogen and oxygen atoms in total. The number of carbonyl (C=O) groups excluding carboxylic acids is 5. The minimum absolute atomic E-state index is 0.00551. The lowest BCUT2D eigenvalue weighted by molar-refractivity contribution is -0.142. The van der Waals surface area contributed by atoms with E-state index in [-0.39, 0.29) is 57.3 Å². The molecule has 3 fully saturated rings. The molecule has 3 aromatic rings. The van der Waals surface area contributed by atoms with E-state index in [1.165, 1.54) is 9.80 Å². The number of aliphatic hydroxyl groups is 1. The van der Waals surface area contributed by atoms with Crippen molar-refractivity contribution in [1.82, 2.24) is 30.7 Å². The van der Waals surface area contributed by atoms with Crippen LogP contribution in [-0.2, 0) is 36.8 Å². The minimum Gasteiger partial charge on any atom is -0.391 e. The summed E-state index contributed by atoms with van der Waals surface area (Å²) in [6.45, 7) is -0.206. The molecule has 0 spiro atoms. The van der Waals surface area contributed by atoms with Crippen molar-refractivity contribution >= 4 is 40.4 Å². The first-order valence-corrected chi connectivity index (χ1v) is 16.5. The van der Waals surface area contributed by atoms with Crippen LogP contribution in [0.1, 0.15) is 43.2 Å². The van der Waals surface area contributed by atoms with Crippen LogP contribution >= 0.6 is 0 Å². The molecular formula is C35H42N6O6. The number of rotatable bonds is 6. The van der Waals surface area contributed by atoms with Gasteiger partial charge in [-0.3, -0.25) is 24.0 Å². The molecular weight excluding hydrogens is 600 g/mol. The van der Waals surface area contributed by atoms with Crippen LogP contribution in [0.2, 0.25) is 0 Å². The van der Waals surface area contributed by atoms with Crippen molar-refractivity contribution in [3.63, 3.8) is 0 Å². The number of aliphatic hydroxyl groups excluding tert-OH is 1. The van der Waals surface area contributed by atoms with Gasteiger partial charge < -0.3 is 35.8 Å². The van der Waals surface area contributed by atoms with Gasteiger partial charge in [-0.1, -0.05) is 55.0 Å². The van der Waals surface area contributed by atoms with E-state index in [2.05, 4.69) is 20.9 Å². The number of hydrogen-bond donors (Lipinski definition) is 5. The molecule has 5 amide bonds. The molecule has 1 aromatic heterocycles. The molecule has 0 radical (unpaired) electrons. The molecule has 1 aliphatic carbocycles. The van der Waals surface area contributed by atoms with Crippen LogP contribution in [0.3, 0.4) is 0 Å². The first-order chi connectivity index (χ1) is 22.7. The topological polar surface area (TPSA) is 164 Å². The fourth-order valence-electron chi connectivity index (χ4n) is 6.77. The standard InChI is InChI=1S/C35H42N6O6/c42-25-18-30-34(46)39-28(15-22-7-2-1-3-8-22)33(45)36-13-14-40(32(44)16-23-9-6-10-23)21-31(43)38-29(35(47)41(30)20-25)17-24-19-37-27-12-5-4-11-26(24)27/h1-5,7-8,11-12,19,23,25,28-30,37,42H,6,9-10,13-18,20-21H2,(H,36,45)(H,38,43)(H,39,46)/t25-,28+,29-,30+/m1/s1. The monoisotopic (exact) mass is 642 g/mol. The number of aromatic amines is 1. The molecule has 47 heavy (non-hydrogen) atoms. The summed E-state index contributed by atoms with van der Waals surface area (Å²) < 4.78 is 0. The SMILES string of the molecule is O=C1CN(C(=O)CC2CCC2)CCNC(=O)[C@H](Cc2ccccc2)NC(=O)[C@@H]2C[C@@H](O)CN2C(=O)[C@@H](Cc2c[nH]c3ccccc23)N1. The van der Waals surface area contributed by atoms with Gasteiger partial charge in [-0.2, -0.15) is 0 Å². The minimum atomic E-state index is -1.07. The average Bonchev–Trinajstić information content (AvgIpc) is 3.64. The zero-order valence-corrected chi connectivity index (χ0v) is 26.3. The van der Waals surface area contributed by atoms with Crippen LogP contribution in [0.25, 0.3) is 10.9 Å². The third-order valence-corrected chi connectivity index (χ3v) is 9.57. The first kappa shape index (κ1) is 32.2. The third-order valence-electron chi connectivity index (χ3n) is 9.57. The highest BCUT2D eigenvalue weighted by Gasteiger charge is 2.43. The molecule has 2 aliphatic heterocycles. The van der Waals surface area contributed by atoms with Crippen LogP contribution in [-0.4, -0.2) is 99.8 Å². The Morgan fingerprint density at radius 3 is 2.43 bits per heavy atom. The van der Waals surface area contributed by atoms with Crippen molar-refractivity contribution in [3.05, 3.63) is 71.9 Å². The van der Waals surface area contributed by atoms with Crippen LogP contribution in [0.5, 0.6) is 0 Å². The van der Waals surface area contributed by atoms with Gasteiger partial charge in [0.2, 0.25) is 29.5 Å². The highest BCUT2D eigenvalue weighted by molar-refractivity contribution is 5.96. The predicted molar refractivity (Wildman–Crippen MR) is 174 cm³/mol. The Bertz CT molecular complexity index is 1620. The van der Waals surface area contributed by atoms with Crippen molar-refractivity contribution in [2.24, 2.45) is 5.92 Å². The maximum Gasteiger partial charge on any atom is 0.246 e. The van der Waals surface area contributed by atoms with Gasteiger partial charge in [-0.25, -0.2) is 0 Å². The van der Waals surface area contributed by atoms with Crippen molar-refractivity contribution in [1.29, 1.82) is 0 Å². The number of amides is 5. The maximum absolute atomic E-state index is 14.3. The molecule has 2 saturated heterocycles. The zero-order chi connectivity index (χ0) is 32.9. The average molecular weight is 643 g/mol. The van der Waals surface area contributed by atoms with Gasteiger partial charge in [0.05, 0.1) is 12.6 Å². The van der Waals surface area contributed by atoms with E-state index >= 15 is 0 Å². The quantitative estimate of drug-likeness (QED) is 0.270. The number of para-hydroxylation sites is 1. The molecule has 3 aliphatic rings. The molecule has 3 heterocycles. The van der Waals surface area contributed by atoms with Crippen molar-refractivity contribution in [2.75, 3.05) is 26.2 Å². The van der Waals surface area contributed by atoms with Crippen LogP contribution in [0.4, 0.5) is 0 Å². The van der Waals surface area contributed by atoms with Gasteiger partial charge in [-0.05, 0) is 36.0 Å². The van der Waals surface area contributed by atoms with E-state index in [0.717, 1.165) is 41.3 Å². The fourth-order valence-corrected chi connectivity index (χ4v) is 6.77. The molecule has 5 N–H and O–H groups in total. The lowest BCUT2D eigenvalue weighted by Gasteiger charge is -2.30. The van der Waals surface area contributed by atoms with Crippen molar-refractivity contribution < 1.29 is 29.1 Å². The summed E-state index contributed by atoms with van der Waals surface area (Å²) in [6.07, 6.45) is 4.49. The van der Waals surface area contributed by atoms with E-state index in [1.54, 1.807) is 6.20 Å². The van der Waals surface area contributed by atoms with Crippen LogP contribution < -0.4 is 16.0 Å². The van der Waals surface area contributed by atoms with E-state index < -0.39 is 47.9 Å². The molecule has 0 unspecified atom stereocenters. The number of nitrogens with one attached hydrogen (secondary N) is 4. The summed E-state index contributed by atoms with van der Waals surface area (Å²) in [5.74, 6) is -1.95. The number of hydrogen-bond acceptors (Lipinski definition) is 6. The summed E-state index contributed by atoms with van der Waals surface area (Å²) in [7, 11) is 0. The summed E-state index contributed by atoms with van der Waals surface area (Å²) >= 11 is 0. The molecule has 12 heteroatoms.